The van der Waals surface area contributed by atoms with Crippen molar-refractivity contribution in [2.75, 3.05) is 11.4 Å². The quantitative estimate of drug-likeness (QED) is 0.913. The Balaban J connectivity index is 1.92. The van der Waals surface area contributed by atoms with E-state index in [1.165, 1.54) is 11.3 Å². The summed E-state index contributed by atoms with van der Waals surface area (Å²) in [6.07, 6.45) is -0.377. The lowest BCUT2D eigenvalue weighted by molar-refractivity contribution is -0.117. The summed E-state index contributed by atoms with van der Waals surface area (Å²) in [6, 6.07) is 8.03. The van der Waals surface area contributed by atoms with Crippen molar-refractivity contribution in [2.45, 2.75) is 19.4 Å². The molecular formula is C14H14N2O2S. The van der Waals surface area contributed by atoms with Crippen LogP contribution < -0.4 is 4.90 Å². The predicted octanol–water partition coefficient (Wildman–Crippen LogP) is 2.22. The van der Waals surface area contributed by atoms with Crippen LogP contribution >= 0.6 is 11.3 Å². The lowest BCUT2D eigenvalue weighted by Gasteiger charge is -2.10. The van der Waals surface area contributed by atoms with Gasteiger partial charge in [-0.2, -0.15) is 0 Å². The van der Waals surface area contributed by atoms with Gasteiger partial charge >= 0.3 is 0 Å². The van der Waals surface area contributed by atoms with Gasteiger partial charge in [0.2, 0.25) is 5.91 Å². The highest BCUT2D eigenvalue weighted by Gasteiger charge is 2.30. The minimum absolute atomic E-state index is 0.0572. The number of aryl methyl sites for hydroxylation is 1. The van der Waals surface area contributed by atoms with Crippen molar-refractivity contribution in [3.63, 3.8) is 0 Å². The molecule has 5 heteroatoms. The summed E-state index contributed by atoms with van der Waals surface area (Å²) in [5.74, 6) is -0.0572. The molecule has 0 spiro atoms. The summed E-state index contributed by atoms with van der Waals surface area (Å²) < 4.78 is 0. The SMILES string of the molecule is Cc1ccccc1-c1csc(N2CC(O)CC2=O)n1. The summed E-state index contributed by atoms with van der Waals surface area (Å²) in [5, 5.41) is 12.1. The number of aliphatic hydroxyl groups excluding tert-OH is 1. The molecule has 1 saturated heterocycles. The van der Waals surface area contributed by atoms with E-state index in [-0.39, 0.29) is 12.3 Å². The van der Waals surface area contributed by atoms with Gasteiger partial charge in [-0.15, -0.1) is 11.3 Å². The number of thiazole rings is 1. The first-order chi connectivity index (χ1) is 9.15. The number of hydrogen-bond donors (Lipinski definition) is 1. The number of aromatic nitrogens is 1. The molecule has 0 radical (unpaired) electrons. The number of carbonyl (C=O) groups excluding carboxylic acids is 1. The standard InChI is InChI=1S/C14H14N2O2S/c1-9-4-2-3-5-11(9)12-8-19-14(15-12)16-7-10(17)6-13(16)18/h2-5,8,10,17H,6-7H2,1H3. The highest BCUT2D eigenvalue weighted by molar-refractivity contribution is 7.14. The summed E-state index contributed by atoms with van der Waals surface area (Å²) in [5.41, 5.74) is 3.12. The first-order valence-corrected chi connectivity index (χ1v) is 7.03. The van der Waals surface area contributed by atoms with E-state index in [0.717, 1.165) is 16.8 Å². The Morgan fingerprint density at radius 3 is 2.89 bits per heavy atom. The van der Waals surface area contributed by atoms with Crippen LogP contribution in [0.5, 0.6) is 0 Å². The number of hydrogen-bond acceptors (Lipinski definition) is 4. The molecule has 1 fully saturated rings. The maximum atomic E-state index is 11.7. The molecule has 1 aromatic carbocycles. The van der Waals surface area contributed by atoms with E-state index in [2.05, 4.69) is 4.98 Å². The second-order valence-corrected chi connectivity index (χ2v) is 5.53. The minimum Gasteiger partial charge on any atom is -0.391 e. The van der Waals surface area contributed by atoms with Gasteiger partial charge in [-0.05, 0) is 12.5 Å². The zero-order valence-electron chi connectivity index (χ0n) is 10.5. The molecule has 98 valence electrons. The van der Waals surface area contributed by atoms with E-state index < -0.39 is 6.10 Å². The van der Waals surface area contributed by atoms with Crippen LogP contribution in [0.25, 0.3) is 11.3 Å². The van der Waals surface area contributed by atoms with Crippen molar-refractivity contribution in [2.24, 2.45) is 0 Å². The molecule has 2 aromatic rings. The zero-order valence-corrected chi connectivity index (χ0v) is 11.4. The van der Waals surface area contributed by atoms with Crippen molar-refractivity contribution < 1.29 is 9.90 Å². The van der Waals surface area contributed by atoms with Crippen molar-refractivity contribution in [1.82, 2.24) is 4.98 Å². The van der Waals surface area contributed by atoms with Crippen LogP contribution in [-0.2, 0) is 4.79 Å². The summed E-state index contributed by atoms with van der Waals surface area (Å²) in [4.78, 5) is 17.8. The van der Waals surface area contributed by atoms with E-state index in [9.17, 15) is 9.90 Å². The largest absolute Gasteiger partial charge is 0.391 e. The molecule has 2 heterocycles. The van der Waals surface area contributed by atoms with Gasteiger partial charge in [0.15, 0.2) is 5.13 Å². The monoisotopic (exact) mass is 274 g/mol. The second-order valence-electron chi connectivity index (χ2n) is 4.69. The van der Waals surface area contributed by atoms with Gasteiger partial charge in [0.25, 0.3) is 0 Å². The molecule has 1 aliphatic heterocycles. The summed E-state index contributed by atoms with van der Waals surface area (Å²) in [7, 11) is 0. The molecule has 0 saturated carbocycles. The van der Waals surface area contributed by atoms with Crippen LogP contribution in [-0.4, -0.2) is 28.6 Å². The third-order valence-corrected chi connectivity index (χ3v) is 4.11. The molecule has 0 bridgehead atoms. The molecule has 1 unspecified atom stereocenters. The fraction of sp³-hybridized carbons (Fsp3) is 0.286. The van der Waals surface area contributed by atoms with E-state index >= 15 is 0 Å². The Labute approximate surface area is 115 Å². The minimum atomic E-state index is -0.571. The van der Waals surface area contributed by atoms with Crippen molar-refractivity contribution >= 4 is 22.4 Å². The fourth-order valence-corrected chi connectivity index (χ4v) is 3.10. The predicted molar refractivity (Wildman–Crippen MR) is 75.3 cm³/mol. The molecule has 1 N–H and O–H groups in total. The van der Waals surface area contributed by atoms with Crippen LogP contribution in [0.15, 0.2) is 29.6 Å². The topological polar surface area (TPSA) is 53.4 Å². The zero-order chi connectivity index (χ0) is 13.4. The molecule has 1 aromatic heterocycles. The summed E-state index contributed by atoms with van der Waals surface area (Å²) in [6.45, 7) is 2.39. The average molecular weight is 274 g/mol. The van der Waals surface area contributed by atoms with Gasteiger partial charge in [0.1, 0.15) is 0 Å². The number of carbonyl (C=O) groups is 1. The first kappa shape index (κ1) is 12.3. The maximum Gasteiger partial charge on any atom is 0.231 e. The number of aliphatic hydroxyl groups is 1. The fourth-order valence-electron chi connectivity index (χ4n) is 2.25. The van der Waals surface area contributed by atoms with E-state index in [1.54, 1.807) is 4.90 Å². The number of amides is 1. The molecule has 19 heavy (non-hydrogen) atoms. The Morgan fingerprint density at radius 2 is 2.21 bits per heavy atom. The van der Waals surface area contributed by atoms with Gasteiger partial charge in [-0.25, -0.2) is 4.98 Å². The van der Waals surface area contributed by atoms with Crippen LogP contribution in [0.2, 0.25) is 0 Å². The molecule has 1 amide bonds. The van der Waals surface area contributed by atoms with Gasteiger partial charge < -0.3 is 5.11 Å². The van der Waals surface area contributed by atoms with Gasteiger partial charge in [0.05, 0.1) is 24.8 Å². The number of benzene rings is 1. The lowest BCUT2D eigenvalue weighted by Crippen LogP contribution is -2.24. The molecule has 4 nitrogen and oxygen atoms in total. The first-order valence-electron chi connectivity index (χ1n) is 6.15. The second kappa shape index (κ2) is 4.75. The molecule has 1 atom stereocenters. The smallest absolute Gasteiger partial charge is 0.231 e. The van der Waals surface area contributed by atoms with E-state index in [1.807, 2.05) is 36.6 Å². The van der Waals surface area contributed by atoms with Crippen molar-refractivity contribution in [1.29, 1.82) is 0 Å². The average Bonchev–Trinajstić information content (AvgIpc) is 2.96. The number of rotatable bonds is 2. The van der Waals surface area contributed by atoms with Crippen molar-refractivity contribution in [3.8, 4) is 11.3 Å². The number of β-amino-alcohol motifs (C(OH)–C–C–N with tert-alkyl or cyclic N) is 1. The van der Waals surface area contributed by atoms with Gasteiger partial charge in [-0.1, -0.05) is 24.3 Å². The molecule has 0 aliphatic carbocycles. The van der Waals surface area contributed by atoms with E-state index in [0.29, 0.717) is 11.7 Å². The number of anilines is 1. The number of nitrogens with zero attached hydrogens (tertiary/aromatic N) is 2. The molecule has 3 rings (SSSR count). The summed E-state index contributed by atoms with van der Waals surface area (Å²) >= 11 is 1.44. The third-order valence-electron chi connectivity index (χ3n) is 3.25. The molecular weight excluding hydrogens is 260 g/mol. The highest BCUT2D eigenvalue weighted by atomic mass is 32.1. The Kier molecular flexibility index (Phi) is 3.08. The van der Waals surface area contributed by atoms with Crippen LogP contribution in [0.4, 0.5) is 5.13 Å². The molecule has 1 aliphatic rings. The van der Waals surface area contributed by atoms with Crippen LogP contribution in [0.1, 0.15) is 12.0 Å². The maximum absolute atomic E-state index is 11.7. The van der Waals surface area contributed by atoms with Crippen LogP contribution in [0.3, 0.4) is 0 Å². The Bertz CT molecular complexity index is 623. The van der Waals surface area contributed by atoms with Gasteiger partial charge in [0, 0.05) is 10.9 Å². The van der Waals surface area contributed by atoms with E-state index in [4.69, 9.17) is 0 Å². The van der Waals surface area contributed by atoms with Crippen LogP contribution in [0, 0.1) is 6.92 Å². The Hall–Kier alpha value is -1.72. The normalized spacial score (nSPS) is 19.2. The Morgan fingerprint density at radius 1 is 1.42 bits per heavy atom. The van der Waals surface area contributed by atoms with Gasteiger partial charge in [-0.3, -0.25) is 9.69 Å². The highest BCUT2D eigenvalue weighted by Crippen LogP contribution is 2.31. The lowest BCUT2D eigenvalue weighted by atomic mass is 10.1. The van der Waals surface area contributed by atoms with Crippen molar-refractivity contribution in [3.05, 3.63) is 35.2 Å². The third kappa shape index (κ3) is 2.27.